The standard InChI is InChI=1S/C12H14F5NO/c13-10-3-2-9(6-11(10)14)7-18-4-1-5-19-8-12(15,16)17/h2-3,6,18H,1,4-5,7-8H2. The molecule has 0 spiro atoms. The van der Waals surface area contributed by atoms with Gasteiger partial charge in [-0.25, -0.2) is 8.78 Å². The second-order valence-electron chi connectivity index (χ2n) is 3.95. The zero-order chi connectivity index (χ0) is 14.3. The van der Waals surface area contributed by atoms with E-state index in [1.165, 1.54) is 6.07 Å². The molecular weight excluding hydrogens is 269 g/mol. The number of nitrogens with one attached hydrogen (secondary N) is 1. The summed E-state index contributed by atoms with van der Waals surface area (Å²) < 4.78 is 65.0. The normalized spacial score (nSPS) is 11.8. The van der Waals surface area contributed by atoms with Crippen LogP contribution in [0.2, 0.25) is 0 Å². The lowest BCUT2D eigenvalue weighted by Gasteiger charge is -2.08. The van der Waals surface area contributed by atoms with E-state index in [0.29, 0.717) is 25.1 Å². The third-order valence-corrected chi connectivity index (χ3v) is 2.22. The van der Waals surface area contributed by atoms with Crippen molar-refractivity contribution < 1.29 is 26.7 Å². The maximum absolute atomic E-state index is 12.8. The van der Waals surface area contributed by atoms with Gasteiger partial charge in [-0.15, -0.1) is 0 Å². The van der Waals surface area contributed by atoms with E-state index >= 15 is 0 Å². The molecule has 1 rings (SSSR count). The van der Waals surface area contributed by atoms with E-state index in [2.05, 4.69) is 10.1 Å². The molecule has 0 atom stereocenters. The Morgan fingerprint density at radius 2 is 1.84 bits per heavy atom. The van der Waals surface area contributed by atoms with Crippen molar-refractivity contribution in [1.29, 1.82) is 0 Å². The van der Waals surface area contributed by atoms with E-state index in [0.717, 1.165) is 12.1 Å². The number of rotatable bonds is 7. The van der Waals surface area contributed by atoms with Gasteiger partial charge in [0.2, 0.25) is 0 Å². The topological polar surface area (TPSA) is 21.3 Å². The van der Waals surface area contributed by atoms with Gasteiger partial charge in [0.1, 0.15) is 6.61 Å². The van der Waals surface area contributed by atoms with Gasteiger partial charge in [-0.1, -0.05) is 6.07 Å². The van der Waals surface area contributed by atoms with Gasteiger partial charge in [0, 0.05) is 13.2 Å². The molecule has 0 saturated carbocycles. The van der Waals surface area contributed by atoms with Crippen LogP contribution < -0.4 is 5.32 Å². The monoisotopic (exact) mass is 283 g/mol. The molecule has 108 valence electrons. The van der Waals surface area contributed by atoms with Crippen LogP contribution in [-0.2, 0) is 11.3 Å². The van der Waals surface area contributed by atoms with Gasteiger partial charge in [-0.05, 0) is 30.7 Å². The number of hydrogen-bond acceptors (Lipinski definition) is 2. The van der Waals surface area contributed by atoms with E-state index in [-0.39, 0.29) is 6.61 Å². The van der Waals surface area contributed by atoms with Crippen LogP contribution in [0.25, 0.3) is 0 Å². The molecule has 0 radical (unpaired) electrons. The molecule has 0 fully saturated rings. The lowest BCUT2D eigenvalue weighted by molar-refractivity contribution is -0.173. The van der Waals surface area contributed by atoms with Crippen LogP contribution in [-0.4, -0.2) is 25.9 Å². The summed E-state index contributed by atoms with van der Waals surface area (Å²) >= 11 is 0. The van der Waals surface area contributed by atoms with Crippen LogP contribution in [0.4, 0.5) is 22.0 Å². The molecule has 0 bridgehead atoms. The van der Waals surface area contributed by atoms with Crippen LogP contribution >= 0.6 is 0 Å². The molecule has 0 aliphatic heterocycles. The van der Waals surface area contributed by atoms with Gasteiger partial charge in [0.25, 0.3) is 0 Å². The Kier molecular flexibility index (Phi) is 6.17. The van der Waals surface area contributed by atoms with Crippen LogP contribution in [0.3, 0.4) is 0 Å². The zero-order valence-corrected chi connectivity index (χ0v) is 10.1. The molecule has 1 aromatic carbocycles. The lowest BCUT2D eigenvalue weighted by atomic mass is 10.2. The molecule has 7 heteroatoms. The summed E-state index contributed by atoms with van der Waals surface area (Å²) in [4.78, 5) is 0. The maximum atomic E-state index is 12.8. The number of alkyl halides is 3. The molecule has 19 heavy (non-hydrogen) atoms. The molecule has 0 aliphatic rings. The van der Waals surface area contributed by atoms with E-state index in [1.807, 2.05) is 0 Å². The second-order valence-corrected chi connectivity index (χ2v) is 3.95. The summed E-state index contributed by atoms with van der Waals surface area (Å²) in [7, 11) is 0. The third kappa shape index (κ3) is 7.07. The lowest BCUT2D eigenvalue weighted by Crippen LogP contribution is -2.20. The van der Waals surface area contributed by atoms with Crippen LogP contribution in [0.5, 0.6) is 0 Å². The quantitative estimate of drug-likeness (QED) is 0.613. The molecule has 0 saturated heterocycles. The Morgan fingerprint density at radius 1 is 1.11 bits per heavy atom. The van der Waals surface area contributed by atoms with Crippen LogP contribution in [0.15, 0.2) is 18.2 Å². The largest absolute Gasteiger partial charge is 0.411 e. The predicted octanol–water partition coefficient (Wildman–Crippen LogP) is 3.02. The van der Waals surface area contributed by atoms with Crippen molar-refractivity contribution in [2.45, 2.75) is 19.1 Å². The van der Waals surface area contributed by atoms with Gasteiger partial charge >= 0.3 is 6.18 Å². The number of halogens is 5. The zero-order valence-electron chi connectivity index (χ0n) is 10.1. The Morgan fingerprint density at radius 3 is 2.47 bits per heavy atom. The van der Waals surface area contributed by atoms with E-state index in [4.69, 9.17) is 0 Å². The Labute approximate surface area is 107 Å². The number of hydrogen-bond donors (Lipinski definition) is 1. The number of ether oxygens (including phenoxy) is 1. The SMILES string of the molecule is Fc1ccc(CNCCCOCC(F)(F)F)cc1F. The molecule has 1 aromatic rings. The van der Waals surface area contributed by atoms with Gasteiger partial charge < -0.3 is 10.1 Å². The van der Waals surface area contributed by atoms with E-state index in [9.17, 15) is 22.0 Å². The highest BCUT2D eigenvalue weighted by Gasteiger charge is 2.27. The van der Waals surface area contributed by atoms with Crippen molar-refractivity contribution in [2.24, 2.45) is 0 Å². The average molecular weight is 283 g/mol. The summed E-state index contributed by atoms with van der Waals surface area (Å²) in [5.41, 5.74) is 0.565. The molecular formula is C12H14F5NO. The third-order valence-electron chi connectivity index (χ3n) is 2.22. The van der Waals surface area contributed by atoms with Crippen LogP contribution in [0, 0.1) is 11.6 Å². The van der Waals surface area contributed by atoms with Gasteiger partial charge in [0.05, 0.1) is 0 Å². The smallest absolute Gasteiger partial charge is 0.372 e. The maximum Gasteiger partial charge on any atom is 0.411 e. The van der Waals surface area contributed by atoms with Gasteiger partial charge in [-0.3, -0.25) is 0 Å². The van der Waals surface area contributed by atoms with Crippen molar-refractivity contribution in [1.82, 2.24) is 5.32 Å². The molecule has 0 heterocycles. The highest BCUT2D eigenvalue weighted by Crippen LogP contribution is 2.14. The van der Waals surface area contributed by atoms with E-state index < -0.39 is 24.4 Å². The Bertz CT molecular complexity index is 394. The van der Waals surface area contributed by atoms with Crippen molar-refractivity contribution in [3.05, 3.63) is 35.4 Å². The molecule has 0 amide bonds. The molecule has 0 aliphatic carbocycles. The van der Waals surface area contributed by atoms with Crippen molar-refractivity contribution >= 4 is 0 Å². The molecule has 1 N–H and O–H groups in total. The summed E-state index contributed by atoms with van der Waals surface area (Å²) in [5, 5.41) is 2.90. The summed E-state index contributed by atoms with van der Waals surface area (Å²) in [6, 6.07) is 3.53. The Hall–Kier alpha value is -1.21. The van der Waals surface area contributed by atoms with Crippen molar-refractivity contribution in [2.75, 3.05) is 19.8 Å². The Balaban J connectivity index is 2.09. The van der Waals surface area contributed by atoms with Gasteiger partial charge in [0.15, 0.2) is 11.6 Å². The minimum Gasteiger partial charge on any atom is -0.372 e. The predicted molar refractivity (Wildman–Crippen MR) is 59.6 cm³/mol. The van der Waals surface area contributed by atoms with Gasteiger partial charge in [-0.2, -0.15) is 13.2 Å². The highest BCUT2D eigenvalue weighted by molar-refractivity contribution is 5.17. The fraction of sp³-hybridized carbons (Fsp3) is 0.500. The average Bonchev–Trinajstić information content (AvgIpc) is 2.31. The van der Waals surface area contributed by atoms with Crippen LogP contribution in [0.1, 0.15) is 12.0 Å². The molecule has 0 unspecified atom stereocenters. The number of benzene rings is 1. The van der Waals surface area contributed by atoms with Crippen molar-refractivity contribution in [3.63, 3.8) is 0 Å². The van der Waals surface area contributed by atoms with Crippen molar-refractivity contribution in [3.8, 4) is 0 Å². The molecule has 0 aromatic heterocycles. The molecule has 2 nitrogen and oxygen atoms in total. The summed E-state index contributed by atoms with van der Waals surface area (Å²) in [5.74, 6) is -1.84. The minimum atomic E-state index is -4.31. The second kappa shape index (κ2) is 7.40. The first kappa shape index (κ1) is 15.8. The summed E-state index contributed by atoms with van der Waals surface area (Å²) in [6.07, 6.45) is -3.90. The fourth-order valence-electron chi connectivity index (χ4n) is 1.37. The van der Waals surface area contributed by atoms with E-state index in [1.54, 1.807) is 0 Å². The first-order chi connectivity index (χ1) is 8.88. The summed E-state index contributed by atoms with van der Waals surface area (Å²) in [6.45, 7) is -0.520. The first-order valence-corrected chi connectivity index (χ1v) is 5.67. The first-order valence-electron chi connectivity index (χ1n) is 5.67. The highest BCUT2D eigenvalue weighted by atomic mass is 19.4. The fourth-order valence-corrected chi connectivity index (χ4v) is 1.37. The minimum absolute atomic E-state index is 0.00963.